The lowest BCUT2D eigenvalue weighted by Crippen LogP contribution is -2.51. The zero-order valence-corrected chi connectivity index (χ0v) is 13.8. The zero-order chi connectivity index (χ0) is 15.5. The molecule has 6 heteroatoms. The Morgan fingerprint density at radius 3 is 2.68 bits per heavy atom. The highest BCUT2D eigenvalue weighted by Gasteiger charge is 2.32. The number of carbonyl (C=O) groups is 2. The van der Waals surface area contributed by atoms with Gasteiger partial charge >= 0.3 is 0 Å². The van der Waals surface area contributed by atoms with Crippen molar-refractivity contribution in [3.8, 4) is 0 Å². The van der Waals surface area contributed by atoms with Gasteiger partial charge in [-0.15, -0.1) is 11.3 Å². The third kappa shape index (κ3) is 3.50. The number of thiophene rings is 1. The maximum atomic E-state index is 12.6. The third-order valence-electron chi connectivity index (χ3n) is 4.65. The van der Waals surface area contributed by atoms with Crippen molar-refractivity contribution in [2.24, 2.45) is 5.92 Å². The van der Waals surface area contributed by atoms with Gasteiger partial charge in [0.25, 0.3) is 0 Å². The van der Waals surface area contributed by atoms with Gasteiger partial charge in [-0.2, -0.15) is 0 Å². The number of rotatable bonds is 3. The van der Waals surface area contributed by atoms with Crippen LogP contribution in [-0.2, 0) is 16.1 Å². The second kappa shape index (κ2) is 6.79. The largest absolute Gasteiger partial charge is 0.346 e. The molecular formula is C16H23N3O2S. The van der Waals surface area contributed by atoms with E-state index in [1.165, 1.54) is 4.88 Å². The minimum Gasteiger partial charge on any atom is -0.346 e. The standard InChI is InChI=1S/C16H23N3O2S/c1-17-5-4-13(11-15(17)20)16(21)19-8-6-18(7-9-19)12-14-3-2-10-22-14/h2-3,10,13H,4-9,11-12H2,1H3/t13-/m0/s1. The highest BCUT2D eigenvalue weighted by Crippen LogP contribution is 2.21. The SMILES string of the molecule is CN1CC[C@H](C(=O)N2CCN(Cc3cccs3)CC2)CC1=O. The van der Waals surface area contributed by atoms with Crippen LogP contribution in [0, 0.1) is 5.92 Å². The van der Waals surface area contributed by atoms with Crippen LogP contribution >= 0.6 is 11.3 Å². The second-order valence-electron chi connectivity index (χ2n) is 6.19. The fraction of sp³-hybridized carbons (Fsp3) is 0.625. The molecule has 1 aromatic rings. The Hall–Kier alpha value is -1.40. The normalized spacial score (nSPS) is 23.9. The summed E-state index contributed by atoms with van der Waals surface area (Å²) in [6.07, 6.45) is 1.18. The van der Waals surface area contributed by atoms with Crippen molar-refractivity contribution in [3.05, 3.63) is 22.4 Å². The van der Waals surface area contributed by atoms with E-state index in [2.05, 4.69) is 22.4 Å². The lowest BCUT2D eigenvalue weighted by atomic mass is 9.94. The molecule has 3 rings (SSSR count). The summed E-state index contributed by atoms with van der Waals surface area (Å²) >= 11 is 1.78. The summed E-state index contributed by atoms with van der Waals surface area (Å²) in [5, 5.41) is 2.10. The van der Waals surface area contributed by atoms with Gasteiger partial charge < -0.3 is 9.80 Å². The Kier molecular flexibility index (Phi) is 4.78. The minimum absolute atomic E-state index is 0.0981. The molecule has 2 fully saturated rings. The number of carbonyl (C=O) groups excluding carboxylic acids is 2. The van der Waals surface area contributed by atoms with Crippen LogP contribution in [0.1, 0.15) is 17.7 Å². The third-order valence-corrected chi connectivity index (χ3v) is 5.51. The number of piperidine rings is 1. The first-order valence-corrected chi connectivity index (χ1v) is 8.79. The van der Waals surface area contributed by atoms with Crippen molar-refractivity contribution in [2.45, 2.75) is 19.4 Å². The molecule has 120 valence electrons. The van der Waals surface area contributed by atoms with Gasteiger partial charge in [0, 0.05) is 63.5 Å². The van der Waals surface area contributed by atoms with Crippen molar-refractivity contribution < 1.29 is 9.59 Å². The highest BCUT2D eigenvalue weighted by atomic mass is 32.1. The first kappa shape index (κ1) is 15.5. The van der Waals surface area contributed by atoms with Gasteiger partial charge in [0.15, 0.2) is 0 Å². The van der Waals surface area contributed by atoms with Gasteiger partial charge in [0.1, 0.15) is 0 Å². The van der Waals surface area contributed by atoms with Gasteiger partial charge in [-0.3, -0.25) is 14.5 Å². The van der Waals surface area contributed by atoms with E-state index in [-0.39, 0.29) is 17.7 Å². The summed E-state index contributed by atoms with van der Waals surface area (Å²) < 4.78 is 0. The predicted octanol–water partition coefficient (Wildman–Crippen LogP) is 1.26. The quantitative estimate of drug-likeness (QED) is 0.842. The summed E-state index contributed by atoms with van der Waals surface area (Å²) in [6.45, 7) is 5.09. The average molecular weight is 321 g/mol. The van der Waals surface area contributed by atoms with Crippen LogP contribution in [0.4, 0.5) is 0 Å². The first-order chi connectivity index (χ1) is 10.6. The number of nitrogens with zero attached hydrogens (tertiary/aromatic N) is 3. The van der Waals surface area contributed by atoms with Crippen LogP contribution in [-0.4, -0.2) is 66.3 Å². The van der Waals surface area contributed by atoms with E-state index < -0.39 is 0 Å². The van der Waals surface area contributed by atoms with E-state index in [9.17, 15) is 9.59 Å². The molecule has 0 saturated carbocycles. The Labute approximate surface area is 135 Å². The summed E-state index contributed by atoms with van der Waals surface area (Å²) in [7, 11) is 1.81. The number of hydrogen-bond acceptors (Lipinski definition) is 4. The molecule has 0 aromatic carbocycles. The van der Waals surface area contributed by atoms with Crippen LogP contribution in [0.2, 0.25) is 0 Å². The Morgan fingerprint density at radius 1 is 1.27 bits per heavy atom. The van der Waals surface area contributed by atoms with Crippen LogP contribution in [0.25, 0.3) is 0 Å². The van der Waals surface area contributed by atoms with Crippen molar-refractivity contribution in [1.29, 1.82) is 0 Å². The van der Waals surface area contributed by atoms with Gasteiger partial charge in [0.05, 0.1) is 0 Å². The number of piperazine rings is 1. The highest BCUT2D eigenvalue weighted by molar-refractivity contribution is 7.09. The topological polar surface area (TPSA) is 43.9 Å². The maximum absolute atomic E-state index is 12.6. The summed E-state index contributed by atoms with van der Waals surface area (Å²) in [4.78, 5) is 31.8. The Morgan fingerprint density at radius 2 is 2.05 bits per heavy atom. The second-order valence-corrected chi connectivity index (χ2v) is 7.22. The van der Waals surface area contributed by atoms with E-state index in [4.69, 9.17) is 0 Å². The molecule has 2 aliphatic heterocycles. The van der Waals surface area contributed by atoms with E-state index in [0.717, 1.165) is 39.1 Å². The monoisotopic (exact) mass is 321 g/mol. The fourth-order valence-electron chi connectivity index (χ4n) is 3.16. The van der Waals surface area contributed by atoms with E-state index in [0.29, 0.717) is 13.0 Å². The van der Waals surface area contributed by atoms with E-state index in [1.54, 1.807) is 16.2 Å². The fourth-order valence-corrected chi connectivity index (χ4v) is 3.91. The van der Waals surface area contributed by atoms with Gasteiger partial charge in [-0.1, -0.05) is 6.07 Å². The lowest BCUT2D eigenvalue weighted by molar-refractivity contribution is -0.145. The Balaban J connectivity index is 1.48. The molecule has 0 unspecified atom stereocenters. The smallest absolute Gasteiger partial charge is 0.226 e. The van der Waals surface area contributed by atoms with Crippen molar-refractivity contribution in [1.82, 2.24) is 14.7 Å². The molecule has 1 aromatic heterocycles. The number of amides is 2. The molecule has 0 N–H and O–H groups in total. The molecule has 0 radical (unpaired) electrons. The molecule has 3 heterocycles. The van der Waals surface area contributed by atoms with Gasteiger partial charge in [-0.25, -0.2) is 0 Å². The number of likely N-dealkylation sites (tertiary alicyclic amines) is 1. The molecule has 0 aliphatic carbocycles. The van der Waals surface area contributed by atoms with Gasteiger partial charge in [-0.05, 0) is 17.9 Å². The molecule has 0 spiro atoms. The van der Waals surface area contributed by atoms with Crippen molar-refractivity contribution in [3.63, 3.8) is 0 Å². The summed E-state index contributed by atoms with van der Waals surface area (Å²) in [5.74, 6) is 0.172. The molecule has 0 bridgehead atoms. The van der Waals surface area contributed by atoms with Crippen molar-refractivity contribution >= 4 is 23.2 Å². The zero-order valence-electron chi connectivity index (χ0n) is 13.0. The summed E-state index contributed by atoms with van der Waals surface area (Å²) in [5.41, 5.74) is 0. The van der Waals surface area contributed by atoms with Crippen LogP contribution in [0.5, 0.6) is 0 Å². The van der Waals surface area contributed by atoms with Gasteiger partial charge in [0.2, 0.25) is 11.8 Å². The minimum atomic E-state index is -0.104. The molecule has 2 amide bonds. The first-order valence-electron chi connectivity index (χ1n) is 7.91. The number of hydrogen-bond donors (Lipinski definition) is 0. The molecule has 2 aliphatic rings. The van der Waals surface area contributed by atoms with E-state index >= 15 is 0 Å². The predicted molar refractivity (Wildman–Crippen MR) is 86.5 cm³/mol. The van der Waals surface area contributed by atoms with Crippen LogP contribution < -0.4 is 0 Å². The molecule has 22 heavy (non-hydrogen) atoms. The molecular weight excluding hydrogens is 298 g/mol. The average Bonchev–Trinajstić information content (AvgIpc) is 3.03. The van der Waals surface area contributed by atoms with Crippen molar-refractivity contribution in [2.75, 3.05) is 39.8 Å². The molecule has 2 saturated heterocycles. The Bertz CT molecular complexity index is 524. The van der Waals surface area contributed by atoms with E-state index in [1.807, 2.05) is 11.9 Å². The lowest BCUT2D eigenvalue weighted by Gasteiger charge is -2.37. The van der Waals surface area contributed by atoms with Crippen LogP contribution in [0.15, 0.2) is 17.5 Å². The maximum Gasteiger partial charge on any atom is 0.226 e. The van der Waals surface area contributed by atoms with Crippen LogP contribution in [0.3, 0.4) is 0 Å². The molecule has 1 atom stereocenters. The summed E-state index contributed by atoms with van der Waals surface area (Å²) in [6, 6.07) is 4.24. The molecule has 5 nitrogen and oxygen atoms in total.